The molecule has 3 nitrogen and oxygen atoms in total. The molecule has 0 aliphatic heterocycles. The van der Waals surface area contributed by atoms with Crippen LogP contribution in [0.3, 0.4) is 0 Å². The van der Waals surface area contributed by atoms with E-state index >= 15 is 0 Å². The summed E-state index contributed by atoms with van der Waals surface area (Å²) in [5.41, 5.74) is 0.506. The van der Waals surface area contributed by atoms with Gasteiger partial charge in [-0.2, -0.15) is 0 Å². The topological polar surface area (TPSA) is 37.8 Å². The molecular formula is C13H15ClFN3S2. The highest BCUT2D eigenvalue weighted by molar-refractivity contribution is 8.00. The lowest BCUT2D eigenvalue weighted by atomic mass is 10.2. The van der Waals surface area contributed by atoms with Gasteiger partial charge in [-0.05, 0) is 18.1 Å². The molecule has 0 aliphatic carbocycles. The van der Waals surface area contributed by atoms with Crippen LogP contribution in [0.4, 0.5) is 9.52 Å². The lowest BCUT2D eigenvalue weighted by Gasteiger charge is -2.04. The van der Waals surface area contributed by atoms with E-state index in [4.69, 9.17) is 11.6 Å². The van der Waals surface area contributed by atoms with Crippen LogP contribution < -0.4 is 5.32 Å². The van der Waals surface area contributed by atoms with E-state index < -0.39 is 0 Å². The average molecular weight is 332 g/mol. The highest BCUT2D eigenvalue weighted by Crippen LogP contribution is 2.31. The third kappa shape index (κ3) is 4.33. The molecule has 0 fully saturated rings. The fourth-order valence-electron chi connectivity index (χ4n) is 1.44. The molecule has 1 N–H and O–H groups in total. The molecule has 1 heterocycles. The normalized spacial score (nSPS) is 11.1. The summed E-state index contributed by atoms with van der Waals surface area (Å²) in [4.78, 5) is 0. The fraction of sp³-hybridized carbons (Fsp3) is 0.385. The maximum absolute atomic E-state index is 13.6. The Morgan fingerprint density at radius 2 is 2.20 bits per heavy atom. The molecule has 0 atom stereocenters. The van der Waals surface area contributed by atoms with Crippen LogP contribution in [-0.2, 0) is 5.75 Å². The first kappa shape index (κ1) is 15.5. The number of anilines is 1. The molecule has 7 heteroatoms. The van der Waals surface area contributed by atoms with Gasteiger partial charge < -0.3 is 5.32 Å². The van der Waals surface area contributed by atoms with Crippen LogP contribution in [0.25, 0.3) is 0 Å². The van der Waals surface area contributed by atoms with Crippen molar-refractivity contribution in [2.75, 3.05) is 11.9 Å². The van der Waals surface area contributed by atoms with Gasteiger partial charge >= 0.3 is 0 Å². The summed E-state index contributed by atoms with van der Waals surface area (Å²) in [6, 6.07) is 4.71. The van der Waals surface area contributed by atoms with E-state index in [1.54, 1.807) is 12.1 Å². The maximum atomic E-state index is 13.6. The van der Waals surface area contributed by atoms with Crippen LogP contribution in [0, 0.1) is 11.7 Å². The molecule has 2 rings (SSSR count). The minimum Gasteiger partial charge on any atom is -0.360 e. The van der Waals surface area contributed by atoms with Crippen molar-refractivity contribution in [3.05, 3.63) is 34.6 Å². The Hall–Kier alpha value is -0.850. The molecule has 0 unspecified atom stereocenters. The monoisotopic (exact) mass is 331 g/mol. The lowest BCUT2D eigenvalue weighted by molar-refractivity contribution is 0.617. The second-order valence-corrected chi connectivity index (χ2v) is 7.24. The summed E-state index contributed by atoms with van der Waals surface area (Å²) >= 11 is 8.89. The Balaban J connectivity index is 1.94. The van der Waals surface area contributed by atoms with Crippen molar-refractivity contribution in [1.82, 2.24) is 10.2 Å². The minimum atomic E-state index is -0.285. The van der Waals surface area contributed by atoms with Crippen LogP contribution in [-0.4, -0.2) is 16.7 Å². The van der Waals surface area contributed by atoms with E-state index in [-0.39, 0.29) is 5.82 Å². The summed E-state index contributed by atoms with van der Waals surface area (Å²) in [6.07, 6.45) is 0. The number of hydrogen-bond donors (Lipinski definition) is 1. The van der Waals surface area contributed by atoms with Crippen molar-refractivity contribution in [1.29, 1.82) is 0 Å². The van der Waals surface area contributed by atoms with Gasteiger partial charge in [0.1, 0.15) is 5.82 Å². The zero-order valence-corrected chi connectivity index (χ0v) is 13.6. The van der Waals surface area contributed by atoms with Gasteiger partial charge in [0.05, 0.1) is 0 Å². The number of nitrogens with zero attached hydrogens (tertiary/aromatic N) is 2. The van der Waals surface area contributed by atoms with E-state index in [0.717, 1.165) is 16.0 Å². The van der Waals surface area contributed by atoms with Gasteiger partial charge in [-0.15, -0.1) is 10.2 Å². The highest BCUT2D eigenvalue weighted by atomic mass is 35.5. The summed E-state index contributed by atoms with van der Waals surface area (Å²) in [6.45, 7) is 5.12. The minimum absolute atomic E-state index is 0.285. The van der Waals surface area contributed by atoms with Crippen LogP contribution >= 0.6 is 34.7 Å². The summed E-state index contributed by atoms with van der Waals surface area (Å²) in [7, 11) is 0. The number of rotatable bonds is 6. The first-order valence-electron chi connectivity index (χ1n) is 6.19. The van der Waals surface area contributed by atoms with Gasteiger partial charge in [0, 0.05) is 22.9 Å². The first-order chi connectivity index (χ1) is 9.56. The van der Waals surface area contributed by atoms with Crippen LogP contribution in [0.15, 0.2) is 22.5 Å². The smallest absolute Gasteiger partial charge is 0.206 e. The fourth-order valence-corrected chi connectivity index (χ4v) is 3.54. The zero-order valence-electron chi connectivity index (χ0n) is 11.2. The third-order valence-electron chi connectivity index (χ3n) is 2.47. The van der Waals surface area contributed by atoms with E-state index in [1.807, 2.05) is 0 Å². The molecule has 0 saturated heterocycles. The number of benzene rings is 1. The second kappa shape index (κ2) is 7.24. The molecule has 2 aromatic rings. The standard InChI is InChI=1S/C13H15ClFN3S2/c1-8(2)6-16-12-17-18-13(20-12)19-7-9-10(14)4-3-5-11(9)15/h3-5,8H,6-7H2,1-2H3,(H,16,17). The van der Waals surface area contributed by atoms with Gasteiger partial charge in [-0.25, -0.2) is 4.39 Å². The molecule has 108 valence electrons. The second-order valence-electron chi connectivity index (χ2n) is 4.64. The van der Waals surface area contributed by atoms with Crippen LogP contribution in [0.5, 0.6) is 0 Å². The molecule has 20 heavy (non-hydrogen) atoms. The zero-order chi connectivity index (χ0) is 14.5. The molecule has 1 aromatic carbocycles. The largest absolute Gasteiger partial charge is 0.360 e. The Morgan fingerprint density at radius 3 is 2.90 bits per heavy atom. The predicted molar refractivity (Wildman–Crippen MR) is 84.2 cm³/mol. The number of aromatic nitrogens is 2. The van der Waals surface area contributed by atoms with Crippen molar-refractivity contribution in [3.63, 3.8) is 0 Å². The van der Waals surface area contributed by atoms with Crippen molar-refractivity contribution in [2.45, 2.75) is 23.9 Å². The Kier molecular flexibility index (Phi) is 5.63. The maximum Gasteiger partial charge on any atom is 0.206 e. The van der Waals surface area contributed by atoms with E-state index in [1.165, 1.54) is 29.2 Å². The molecule has 0 spiro atoms. The quantitative estimate of drug-likeness (QED) is 0.779. The SMILES string of the molecule is CC(C)CNc1nnc(SCc2c(F)cccc2Cl)s1. The van der Waals surface area contributed by atoms with Gasteiger partial charge in [-0.1, -0.05) is 54.6 Å². The third-order valence-corrected chi connectivity index (χ3v) is 4.86. The van der Waals surface area contributed by atoms with Crippen molar-refractivity contribution < 1.29 is 4.39 Å². The molecule has 0 bridgehead atoms. The number of halogens is 2. The molecular weight excluding hydrogens is 317 g/mol. The number of thioether (sulfide) groups is 1. The Bertz CT molecular complexity index is 554. The molecule has 0 aliphatic rings. The Morgan fingerprint density at radius 1 is 1.40 bits per heavy atom. The van der Waals surface area contributed by atoms with Crippen LogP contribution in [0.1, 0.15) is 19.4 Å². The highest BCUT2D eigenvalue weighted by Gasteiger charge is 2.10. The van der Waals surface area contributed by atoms with E-state index in [9.17, 15) is 4.39 Å². The van der Waals surface area contributed by atoms with E-state index in [2.05, 4.69) is 29.4 Å². The summed E-state index contributed by atoms with van der Waals surface area (Å²) in [5.74, 6) is 0.713. The average Bonchev–Trinajstić information content (AvgIpc) is 2.84. The van der Waals surface area contributed by atoms with E-state index in [0.29, 0.717) is 22.3 Å². The first-order valence-corrected chi connectivity index (χ1v) is 8.37. The van der Waals surface area contributed by atoms with Crippen LogP contribution in [0.2, 0.25) is 5.02 Å². The summed E-state index contributed by atoms with van der Waals surface area (Å²) in [5, 5.41) is 12.6. The molecule has 1 aromatic heterocycles. The predicted octanol–water partition coefficient (Wildman–Crippen LogP) is 4.69. The Labute approximate surface area is 131 Å². The summed E-state index contributed by atoms with van der Waals surface area (Å²) < 4.78 is 14.4. The number of hydrogen-bond acceptors (Lipinski definition) is 5. The molecule has 0 radical (unpaired) electrons. The van der Waals surface area contributed by atoms with Crippen molar-refractivity contribution >= 4 is 39.8 Å². The van der Waals surface area contributed by atoms with Gasteiger partial charge in [0.25, 0.3) is 0 Å². The lowest BCUT2D eigenvalue weighted by Crippen LogP contribution is -2.07. The molecule has 0 saturated carbocycles. The van der Waals surface area contributed by atoms with Crippen molar-refractivity contribution in [3.8, 4) is 0 Å². The molecule has 0 amide bonds. The van der Waals surface area contributed by atoms with Crippen molar-refractivity contribution in [2.24, 2.45) is 5.92 Å². The van der Waals surface area contributed by atoms with Gasteiger partial charge in [0.15, 0.2) is 4.34 Å². The van der Waals surface area contributed by atoms with Gasteiger partial charge in [-0.3, -0.25) is 0 Å². The van der Waals surface area contributed by atoms with Gasteiger partial charge in [0.2, 0.25) is 5.13 Å². The number of nitrogens with one attached hydrogen (secondary N) is 1.